The van der Waals surface area contributed by atoms with E-state index in [0.29, 0.717) is 12.8 Å². The Morgan fingerprint density at radius 3 is 2.65 bits per heavy atom. The minimum absolute atomic E-state index is 0.0317. The highest BCUT2D eigenvalue weighted by Gasteiger charge is 2.40. The molecule has 2 unspecified atom stereocenters. The predicted octanol–water partition coefficient (Wildman–Crippen LogP) is 0.620. The molecule has 1 N–H and O–H groups in total. The Bertz CT molecular complexity index is 438. The molecule has 1 amide bonds. The van der Waals surface area contributed by atoms with Crippen molar-refractivity contribution in [3.05, 3.63) is 0 Å². The van der Waals surface area contributed by atoms with Crippen molar-refractivity contribution in [1.29, 1.82) is 5.26 Å². The van der Waals surface area contributed by atoms with Crippen molar-refractivity contribution in [1.82, 2.24) is 5.32 Å². The van der Waals surface area contributed by atoms with Crippen LogP contribution in [-0.2, 0) is 14.6 Å². The third-order valence-corrected chi connectivity index (χ3v) is 4.88. The van der Waals surface area contributed by atoms with Crippen LogP contribution in [0.4, 0.5) is 0 Å². The van der Waals surface area contributed by atoms with Gasteiger partial charge in [0.15, 0.2) is 9.84 Å². The van der Waals surface area contributed by atoms with Crippen LogP contribution in [0.25, 0.3) is 0 Å². The van der Waals surface area contributed by atoms with Crippen molar-refractivity contribution in [2.45, 2.75) is 38.6 Å². The summed E-state index contributed by atoms with van der Waals surface area (Å²) in [6, 6.07) is 1.95. The Balaban J connectivity index is 2.66. The minimum atomic E-state index is -3.04. The smallest absolute Gasteiger partial charge is 0.237 e. The summed E-state index contributed by atoms with van der Waals surface area (Å²) in [5, 5.41) is 11.6. The standard InChI is InChI=1S/C11H18N2O3S/c1-3-4-9(7-12)10(14)13-11(2)5-6-17(15,16)8-11/h9H,3-6,8H2,1-2H3,(H,13,14). The second kappa shape index (κ2) is 5.05. The van der Waals surface area contributed by atoms with Crippen molar-refractivity contribution < 1.29 is 13.2 Å². The van der Waals surface area contributed by atoms with E-state index in [-0.39, 0.29) is 17.4 Å². The maximum absolute atomic E-state index is 11.8. The molecule has 0 aliphatic carbocycles. The second-order valence-electron chi connectivity index (χ2n) is 4.86. The van der Waals surface area contributed by atoms with Crippen molar-refractivity contribution in [2.75, 3.05) is 11.5 Å². The van der Waals surface area contributed by atoms with Crippen LogP contribution in [0.3, 0.4) is 0 Å². The van der Waals surface area contributed by atoms with Crippen molar-refractivity contribution >= 4 is 15.7 Å². The maximum atomic E-state index is 11.8. The first-order valence-corrected chi connectivity index (χ1v) is 7.56. The zero-order valence-corrected chi connectivity index (χ0v) is 11.0. The molecule has 0 spiro atoms. The van der Waals surface area contributed by atoms with Gasteiger partial charge in [-0.1, -0.05) is 13.3 Å². The van der Waals surface area contributed by atoms with E-state index in [1.54, 1.807) is 6.92 Å². The molecule has 96 valence electrons. The number of sulfone groups is 1. The molecule has 6 heteroatoms. The van der Waals surface area contributed by atoms with Gasteiger partial charge in [0.05, 0.1) is 23.1 Å². The van der Waals surface area contributed by atoms with Gasteiger partial charge in [-0.25, -0.2) is 8.42 Å². The SMILES string of the molecule is CCCC(C#N)C(=O)NC1(C)CCS(=O)(=O)C1. The van der Waals surface area contributed by atoms with Gasteiger partial charge < -0.3 is 5.32 Å². The van der Waals surface area contributed by atoms with Gasteiger partial charge in [0.1, 0.15) is 5.92 Å². The Labute approximate surface area is 102 Å². The Hall–Kier alpha value is -1.09. The lowest BCUT2D eigenvalue weighted by Gasteiger charge is -2.25. The van der Waals surface area contributed by atoms with Gasteiger partial charge >= 0.3 is 0 Å². The van der Waals surface area contributed by atoms with Crippen LogP contribution in [0.1, 0.15) is 33.1 Å². The Morgan fingerprint density at radius 1 is 1.59 bits per heavy atom. The molecule has 1 rings (SSSR count). The third kappa shape index (κ3) is 3.70. The molecule has 0 saturated carbocycles. The molecule has 2 atom stereocenters. The van der Waals surface area contributed by atoms with E-state index in [1.165, 1.54) is 0 Å². The number of hydrogen-bond donors (Lipinski definition) is 1. The van der Waals surface area contributed by atoms with E-state index in [9.17, 15) is 13.2 Å². The van der Waals surface area contributed by atoms with E-state index in [1.807, 2.05) is 13.0 Å². The summed E-state index contributed by atoms with van der Waals surface area (Å²) < 4.78 is 22.8. The van der Waals surface area contributed by atoms with Crippen LogP contribution in [0.5, 0.6) is 0 Å². The summed E-state index contributed by atoms with van der Waals surface area (Å²) in [5.41, 5.74) is -0.710. The third-order valence-electron chi connectivity index (χ3n) is 2.98. The molecule has 1 aliphatic heterocycles. The van der Waals surface area contributed by atoms with E-state index in [4.69, 9.17) is 5.26 Å². The number of nitrogens with zero attached hydrogens (tertiary/aromatic N) is 1. The molecule has 0 bridgehead atoms. The molecular formula is C11H18N2O3S. The summed E-state index contributed by atoms with van der Waals surface area (Å²) in [7, 11) is -3.04. The van der Waals surface area contributed by atoms with Crippen molar-refractivity contribution in [3.8, 4) is 6.07 Å². The van der Waals surface area contributed by atoms with Gasteiger partial charge in [-0.2, -0.15) is 5.26 Å². The summed E-state index contributed by atoms with van der Waals surface area (Å²) in [4.78, 5) is 11.8. The van der Waals surface area contributed by atoms with Crippen molar-refractivity contribution in [3.63, 3.8) is 0 Å². The molecule has 0 aromatic heterocycles. The van der Waals surface area contributed by atoms with Gasteiger partial charge in [-0.05, 0) is 19.8 Å². The number of hydrogen-bond acceptors (Lipinski definition) is 4. The first-order valence-electron chi connectivity index (χ1n) is 5.74. The summed E-state index contributed by atoms with van der Waals surface area (Å²) in [5.74, 6) is -0.959. The quantitative estimate of drug-likeness (QED) is 0.800. The van der Waals surface area contributed by atoms with Crippen LogP contribution < -0.4 is 5.32 Å². The molecule has 0 aromatic carbocycles. The highest BCUT2D eigenvalue weighted by atomic mass is 32.2. The molecular weight excluding hydrogens is 240 g/mol. The molecule has 1 saturated heterocycles. The van der Waals surface area contributed by atoms with E-state index >= 15 is 0 Å². The van der Waals surface area contributed by atoms with E-state index in [2.05, 4.69) is 5.32 Å². The summed E-state index contributed by atoms with van der Waals surface area (Å²) in [6.07, 6.45) is 1.68. The first kappa shape index (κ1) is 14.0. The highest BCUT2D eigenvalue weighted by molar-refractivity contribution is 7.91. The zero-order valence-electron chi connectivity index (χ0n) is 10.2. The Morgan fingerprint density at radius 2 is 2.24 bits per heavy atom. The number of carbonyl (C=O) groups excluding carboxylic acids is 1. The molecule has 1 heterocycles. The summed E-state index contributed by atoms with van der Waals surface area (Å²) >= 11 is 0. The topological polar surface area (TPSA) is 87.0 Å². The van der Waals surface area contributed by atoms with Gasteiger partial charge in [-0.15, -0.1) is 0 Å². The van der Waals surface area contributed by atoms with E-state index < -0.39 is 21.3 Å². The van der Waals surface area contributed by atoms with Gasteiger partial charge in [0, 0.05) is 0 Å². The van der Waals surface area contributed by atoms with Crippen LogP contribution in [0, 0.1) is 17.2 Å². The first-order chi connectivity index (χ1) is 7.82. The van der Waals surface area contributed by atoms with Crippen LogP contribution in [0.15, 0.2) is 0 Å². The Kier molecular flexibility index (Phi) is 4.15. The summed E-state index contributed by atoms with van der Waals surface area (Å²) in [6.45, 7) is 3.62. The number of nitriles is 1. The number of nitrogens with one attached hydrogen (secondary N) is 1. The monoisotopic (exact) mass is 258 g/mol. The minimum Gasteiger partial charge on any atom is -0.349 e. The molecule has 17 heavy (non-hydrogen) atoms. The van der Waals surface area contributed by atoms with Crippen LogP contribution in [0.2, 0.25) is 0 Å². The fourth-order valence-electron chi connectivity index (χ4n) is 2.04. The average Bonchev–Trinajstić information content (AvgIpc) is 2.49. The van der Waals surface area contributed by atoms with Crippen molar-refractivity contribution in [2.24, 2.45) is 5.92 Å². The fraction of sp³-hybridized carbons (Fsp3) is 0.818. The molecule has 0 radical (unpaired) electrons. The van der Waals surface area contributed by atoms with Crippen LogP contribution in [-0.4, -0.2) is 31.4 Å². The van der Waals surface area contributed by atoms with E-state index in [0.717, 1.165) is 6.42 Å². The molecule has 5 nitrogen and oxygen atoms in total. The largest absolute Gasteiger partial charge is 0.349 e. The number of rotatable bonds is 4. The number of amides is 1. The lowest BCUT2D eigenvalue weighted by atomic mass is 9.98. The second-order valence-corrected chi connectivity index (χ2v) is 7.05. The maximum Gasteiger partial charge on any atom is 0.237 e. The average molecular weight is 258 g/mol. The lowest BCUT2D eigenvalue weighted by molar-refractivity contribution is -0.125. The predicted molar refractivity (Wildman–Crippen MR) is 63.8 cm³/mol. The van der Waals surface area contributed by atoms with Gasteiger partial charge in [0.25, 0.3) is 0 Å². The lowest BCUT2D eigenvalue weighted by Crippen LogP contribution is -2.49. The molecule has 0 aromatic rings. The zero-order chi connectivity index (χ0) is 13.1. The molecule has 1 fully saturated rings. The highest BCUT2D eigenvalue weighted by Crippen LogP contribution is 2.23. The fourth-order valence-corrected chi connectivity index (χ4v) is 4.13. The van der Waals surface area contributed by atoms with Crippen LogP contribution >= 0.6 is 0 Å². The van der Waals surface area contributed by atoms with Gasteiger partial charge in [-0.3, -0.25) is 4.79 Å². The normalized spacial score (nSPS) is 28.3. The molecule has 1 aliphatic rings. The van der Waals surface area contributed by atoms with Gasteiger partial charge in [0.2, 0.25) is 5.91 Å². The number of carbonyl (C=O) groups is 1.